The van der Waals surface area contributed by atoms with E-state index < -0.39 is 32.3 Å². The van der Waals surface area contributed by atoms with Crippen LogP contribution in [0.3, 0.4) is 0 Å². The van der Waals surface area contributed by atoms with Crippen LogP contribution in [0.2, 0.25) is 103 Å². The summed E-state index contributed by atoms with van der Waals surface area (Å²) < 4.78 is 0. The van der Waals surface area contributed by atoms with E-state index in [0.29, 0.717) is 15.2 Å². The maximum atomic E-state index is 4.34. The van der Waals surface area contributed by atoms with Crippen LogP contribution in [0.25, 0.3) is 0 Å². The van der Waals surface area contributed by atoms with Gasteiger partial charge in [-0.15, -0.1) is 12.3 Å². The predicted molar refractivity (Wildman–Crippen MR) is 308 cm³/mol. The molecule has 0 nitrogen and oxygen atoms in total. The van der Waals surface area contributed by atoms with E-state index in [4.69, 9.17) is 0 Å². The molecule has 4 fully saturated rings. The van der Waals surface area contributed by atoms with E-state index in [-0.39, 0.29) is 111 Å². The van der Waals surface area contributed by atoms with Crippen LogP contribution in [0.5, 0.6) is 0 Å². The average Bonchev–Trinajstić information content (AvgIpc) is 3.87. The Balaban J connectivity index is -0.0000000956. The maximum Gasteiger partial charge on any atom is 4.00 e. The first-order valence-electron chi connectivity index (χ1n) is 23.8. The van der Waals surface area contributed by atoms with Crippen molar-refractivity contribution in [2.75, 3.05) is 0 Å². The monoisotopic (exact) mass is 1280 g/mol. The van der Waals surface area contributed by atoms with Crippen molar-refractivity contribution in [3.63, 3.8) is 0 Å². The molecule has 7 heteroatoms. The molecule has 0 aromatic carbocycles. The molecule has 62 heavy (non-hydrogen) atoms. The van der Waals surface area contributed by atoms with Gasteiger partial charge in [0.05, 0.1) is 16.1 Å². The van der Waals surface area contributed by atoms with Gasteiger partial charge in [-0.1, -0.05) is 218 Å². The third kappa shape index (κ3) is 29.8. The van der Waals surface area contributed by atoms with Gasteiger partial charge in [-0.25, -0.2) is 0 Å². The third-order valence-electron chi connectivity index (χ3n) is 15.5. The second kappa shape index (κ2) is 40.6. The summed E-state index contributed by atoms with van der Waals surface area (Å²) in [7, 11) is -4.04. The first-order valence-corrected chi connectivity index (χ1v) is 38.8. The molecule has 10 unspecified atom stereocenters. The summed E-state index contributed by atoms with van der Waals surface area (Å²) in [5, 5.41) is 3.08. The van der Waals surface area contributed by atoms with Crippen LogP contribution in [0.4, 0.5) is 0 Å². The molecule has 4 saturated carbocycles. The summed E-state index contributed by atoms with van der Waals surface area (Å²) in [6, 6.07) is 4.79. The largest absolute Gasteiger partial charge is 4.00 e. The molecule has 0 bridgehead atoms. The van der Waals surface area contributed by atoms with Crippen molar-refractivity contribution in [1.82, 2.24) is 0 Å². The Bertz CT molecular complexity index is 989. The standard InChI is InChI=1S/C20H42Si2.C19H38Si2.2C4H9.8CH3.Al.2Hf.H/c1-7-13-22(6,19-11-9-17(8-2)14-19)20-12-10-18(15-20)16-21(3,4)5;1-7-16-9-11-18(13-16)21(6,8-2)19-12-10-17(14-19)15-20(3,4)5;2*1-4(2)3;;;;;;;;;;;;/h17-20H,7-16H2,1-6H3;8,16-19H,2,7,9-15H2,1,3-6H3;2*4H,1H2,2-3H3;8*1H3;;;;/q;;;;8*-1;;2*+4;. The van der Waals surface area contributed by atoms with E-state index in [2.05, 4.69) is 113 Å². The molecular weight excluding hydrogens is 1160 g/mol. The van der Waals surface area contributed by atoms with Crippen molar-refractivity contribution in [3.8, 4) is 0 Å². The minimum Gasteiger partial charge on any atom is -0.358 e. The van der Waals surface area contributed by atoms with Gasteiger partial charge in [0.15, 0.2) is 0 Å². The number of rotatable bonds is 17. The maximum absolute atomic E-state index is 4.34. The molecular formula is C55H123AlHf2Si4. The first kappa shape index (κ1) is 84.8. The second-order valence-electron chi connectivity index (χ2n) is 23.4. The van der Waals surface area contributed by atoms with Gasteiger partial charge in [-0.05, 0) is 65.1 Å². The first-order chi connectivity index (χ1) is 24.2. The van der Waals surface area contributed by atoms with E-state index in [9.17, 15) is 0 Å². The minimum atomic E-state index is -1.25. The molecule has 0 heterocycles. The van der Waals surface area contributed by atoms with Crippen LogP contribution in [0.1, 0.15) is 145 Å². The van der Waals surface area contributed by atoms with Gasteiger partial charge in [0, 0.05) is 16.1 Å². The van der Waals surface area contributed by atoms with Gasteiger partial charge in [0.1, 0.15) is 0 Å². The van der Waals surface area contributed by atoms with E-state index in [0.717, 1.165) is 46.6 Å². The number of hydrogen-bond donors (Lipinski definition) is 0. The second-order valence-corrected chi connectivity index (χ2v) is 46.2. The molecule has 4 rings (SSSR count). The van der Waals surface area contributed by atoms with Gasteiger partial charge in [-0.3, -0.25) is 0 Å². The predicted octanol–water partition coefficient (Wildman–Crippen LogP) is 20.6. The Labute approximate surface area is 450 Å². The molecule has 0 aromatic heterocycles. The van der Waals surface area contributed by atoms with Gasteiger partial charge in [-0.2, -0.15) is 0 Å². The SMILES string of the molecule is C=C[Si](C)(C1CCC(CC)C1)C1CCC(C[Si](C)(C)C)C1.CC(C)[CH2][AlH][CH2]C(C)C.CCC[Si](C)(C1CCC(CC)C1)C1CCC(C[Si](C)(C)C)C1.[CH3-].[CH3-].[CH3-].[CH3-].[CH3-].[CH3-].[CH3-].[CH3-].[Hf+4].[Hf+4]. The molecule has 0 spiro atoms. The van der Waals surface area contributed by atoms with Gasteiger partial charge >= 0.3 is 51.7 Å². The van der Waals surface area contributed by atoms with Crippen LogP contribution in [0, 0.1) is 94.9 Å². The fourth-order valence-corrected chi connectivity index (χ4v) is 29.0. The van der Waals surface area contributed by atoms with Gasteiger partial charge in [0.2, 0.25) is 15.2 Å². The zero-order chi connectivity index (χ0) is 39.3. The normalized spacial score (nSPS) is 26.7. The van der Waals surface area contributed by atoms with Crippen molar-refractivity contribution in [1.29, 1.82) is 0 Å². The summed E-state index contributed by atoms with van der Waals surface area (Å²) in [6.45, 7) is 41.8. The van der Waals surface area contributed by atoms with Crippen LogP contribution < -0.4 is 0 Å². The molecule has 4 aliphatic carbocycles. The Hall–Kier alpha value is 2.88. The average molecular weight is 1280 g/mol. The fraction of sp³-hybridized carbons (Fsp3) is 0.818. The van der Waals surface area contributed by atoms with Crippen LogP contribution in [0.15, 0.2) is 12.3 Å². The van der Waals surface area contributed by atoms with Crippen molar-refractivity contribution in [2.45, 2.75) is 248 Å². The molecule has 0 N–H and O–H groups in total. The summed E-state index contributed by atoms with van der Waals surface area (Å²) in [5.41, 5.74) is 6.95. The quantitative estimate of drug-likeness (QED) is 0.101. The Morgan fingerprint density at radius 2 is 0.774 bits per heavy atom. The summed E-state index contributed by atoms with van der Waals surface area (Å²) in [4.78, 5) is 0. The van der Waals surface area contributed by atoms with Crippen LogP contribution in [-0.4, -0.2) is 47.5 Å². The zero-order valence-corrected chi connectivity index (χ0v) is 60.5. The van der Waals surface area contributed by atoms with Crippen molar-refractivity contribution in [3.05, 3.63) is 71.7 Å². The van der Waals surface area contributed by atoms with Gasteiger partial charge in [0.25, 0.3) is 0 Å². The van der Waals surface area contributed by atoms with Crippen molar-refractivity contribution < 1.29 is 51.7 Å². The summed E-state index contributed by atoms with van der Waals surface area (Å²) >= 11 is 0.316. The Morgan fingerprint density at radius 1 is 0.484 bits per heavy atom. The molecule has 0 aliphatic heterocycles. The van der Waals surface area contributed by atoms with Crippen molar-refractivity contribution in [2.24, 2.45) is 35.5 Å². The van der Waals surface area contributed by atoms with Gasteiger partial charge < -0.3 is 59.4 Å². The molecule has 0 saturated heterocycles. The molecule has 4 aliphatic rings. The molecule has 0 radical (unpaired) electrons. The van der Waals surface area contributed by atoms with Crippen molar-refractivity contribution >= 4 is 47.5 Å². The topological polar surface area (TPSA) is 0 Å². The van der Waals surface area contributed by atoms with Crippen LogP contribution >= 0.6 is 0 Å². The molecule has 10 atom stereocenters. The van der Waals surface area contributed by atoms with E-state index >= 15 is 0 Å². The van der Waals surface area contributed by atoms with E-state index in [1.165, 1.54) is 73.0 Å². The van der Waals surface area contributed by atoms with Crippen LogP contribution in [-0.2, 0) is 51.7 Å². The summed E-state index contributed by atoms with van der Waals surface area (Å²) in [5.74, 6) is 6.17. The molecule has 0 amide bonds. The van der Waals surface area contributed by atoms with E-state index in [1.807, 2.05) is 0 Å². The smallest absolute Gasteiger partial charge is 0.358 e. The van der Waals surface area contributed by atoms with E-state index in [1.54, 1.807) is 63.1 Å². The molecule has 0 aromatic rings. The minimum absolute atomic E-state index is 0. The summed E-state index contributed by atoms with van der Waals surface area (Å²) in [6.07, 6.45) is 23.0. The Kier molecular flexibility index (Phi) is 55.5. The number of hydrogen-bond acceptors (Lipinski definition) is 0. The molecule has 370 valence electrons. The zero-order valence-electron chi connectivity index (χ0n) is 47.9. The fourth-order valence-electron chi connectivity index (χ4n) is 12.4. The Morgan fingerprint density at radius 3 is 1.05 bits per heavy atom. The third-order valence-corrected chi connectivity index (χ3v) is 34.1.